The molecule has 2 amide bonds. The zero-order valence-corrected chi connectivity index (χ0v) is 17.9. The van der Waals surface area contributed by atoms with E-state index in [2.05, 4.69) is 36.8 Å². The Bertz CT molecular complexity index is 950. The Hall–Kier alpha value is -2.23. The molecule has 0 atom stereocenters. The van der Waals surface area contributed by atoms with Crippen LogP contribution in [0.4, 0.5) is 5.13 Å². The molecule has 9 heteroatoms. The molecule has 0 fully saturated rings. The fourth-order valence-corrected chi connectivity index (χ4v) is 4.34. The molecule has 0 bridgehead atoms. The third kappa shape index (κ3) is 6.15. The lowest BCUT2D eigenvalue weighted by molar-refractivity contribution is -0.118. The molecule has 0 spiro atoms. The first-order valence-corrected chi connectivity index (χ1v) is 11.0. The van der Waals surface area contributed by atoms with Gasteiger partial charge in [-0.2, -0.15) is 0 Å². The Morgan fingerprint density at radius 3 is 2.57 bits per heavy atom. The predicted octanol–water partition coefficient (Wildman–Crippen LogP) is 4.00. The number of carbonyl (C=O) groups excluding carboxylic acids is 2. The van der Waals surface area contributed by atoms with E-state index >= 15 is 0 Å². The minimum Gasteiger partial charge on any atom is -0.355 e. The number of hydrogen-bond donors (Lipinski definition) is 2. The molecule has 1 heterocycles. The number of nitrogens with one attached hydrogen (secondary N) is 2. The second-order valence-electron chi connectivity index (χ2n) is 5.68. The van der Waals surface area contributed by atoms with Crippen molar-refractivity contribution in [3.8, 4) is 0 Å². The van der Waals surface area contributed by atoms with Crippen LogP contribution >= 0.6 is 39.0 Å². The van der Waals surface area contributed by atoms with Crippen molar-refractivity contribution in [3.63, 3.8) is 0 Å². The standard InChI is InChI=1S/C19H17BrN4O2S2/c20-15-9-5-4-8-14(15)17(26)22-18-23-24-19(28-18)27-12-16(25)21-11-10-13-6-2-1-3-7-13/h1-9H,10-12H2,(H,21,25)(H,22,23,26). The smallest absolute Gasteiger partial charge is 0.258 e. The molecule has 144 valence electrons. The molecule has 0 radical (unpaired) electrons. The Balaban J connectivity index is 1.42. The zero-order chi connectivity index (χ0) is 19.8. The maximum Gasteiger partial charge on any atom is 0.258 e. The number of anilines is 1. The molecular weight excluding hydrogens is 460 g/mol. The second-order valence-corrected chi connectivity index (χ2v) is 8.74. The summed E-state index contributed by atoms with van der Waals surface area (Å²) in [5.41, 5.74) is 1.70. The average molecular weight is 477 g/mol. The number of thioether (sulfide) groups is 1. The summed E-state index contributed by atoms with van der Waals surface area (Å²) in [6.07, 6.45) is 0.793. The molecule has 2 aromatic carbocycles. The summed E-state index contributed by atoms with van der Waals surface area (Å²) < 4.78 is 1.33. The topological polar surface area (TPSA) is 84.0 Å². The van der Waals surface area contributed by atoms with E-state index in [1.165, 1.54) is 28.7 Å². The first-order valence-electron chi connectivity index (χ1n) is 8.44. The number of benzene rings is 2. The molecule has 6 nitrogen and oxygen atoms in total. The van der Waals surface area contributed by atoms with Crippen molar-refractivity contribution in [2.45, 2.75) is 10.8 Å². The van der Waals surface area contributed by atoms with E-state index in [0.29, 0.717) is 26.1 Å². The van der Waals surface area contributed by atoms with Crippen LogP contribution in [0.2, 0.25) is 0 Å². The third-order valence-corrected chi connectivity index (χ3v) is 6.31. The molecule has 1 aromatic heterocycles. The van der Waals surface area contributed by atoms with Gasteiger partial charge in [0.25, 0.3) is 5.91 Å². The normalized spacial score (nSPS) is 10.5. The van der Waals surface area contributed by atoms with Gasteiger partial charge in [-0.3, -0.25) is 14.9 Å². The van der Waals surface area contributed by atoms with Crippen LogP contribution in [0.1, 0.15) is 15.9 Å². The highest BCUT2D eigenvalue weighted by Gasteiger charge is 2.13. The molecule has 3 aromatic rings. The average Bonchev–Trinajstić information content (AvgIpc) is 3.15. The van der Waals surface area contributed by atoms with Crippen LogP contribution in [-0.2, 0) is 11.2 Å². The van der Waals surface area contributed by atoms with Gasteiger partial charge in [-0.05, 0) is 40.0 Å². The van der Waals surface area contributed by atoms with E-state index in [-0.39, 0.29) is 17.6 Å². The highest BCUT2D eigenvalue weighted by atomic mass is 79.9. The van der Waals surface area contributed by atoms with E-state index in [1.807, 2.05) is 36.4 Å². The maximum atomic E-state index is 12.3. The fraction of sp³-hybridized carbons (Fsp3) is 0.158. The van der Waals surface area contributed by atoms with Gasteiger partial charge in [0.2, 0.25) is 11.0 Å². The van der Waals surface area contributed by atoms with Crippen molar-refractivity contribution in [2.75, 3.05) is 17.6 Å². The summed E-state index contributed by atoms with van der Waals surface area (Å²) in [4.78, 5) is 24.2. The van der Waals surface area contributed by atoms with Gasteiger partial charge >= 0.3 is 0 Å². The third-order valence-electron chi connectivity index (χ3n) is 3.65. The van der Waals surface area contributed by atoms with E-state index < -0.39 is 0 Å². The molecule has 3 rings (SSSR count). The van der Waals surface area contributed by atoms with Crippen molar-refractivity contribution < 1.29 is 9.59 Å². The number of amides is 2. The van der Waals surface area contributed by atoms with Crippen LogP contribution in [0.5, 0.6) is 0 Å². The van der Waals surface area contributed by atoms with Crippen molar-refractivity contribution in [2.24, 2.45) is 0 Å². The lowest BCUT2D eigenvalue weighted by atomic mass is 10.1. The minimum atomic E-state index is -0.265. The predicted molar refractivity (Wildman–Crippen MR) is 116 cm³/mol. The Morgan fingerprint density at radius 1 is 1.04 bits per heavy atom. The Labute approximate surface area is 179 Å². The largest absolute Gasteiger partial charge is 0.355 e. The summed E-state index contributed by atoms with van der Waals surface area (Å²) in [6.45, 7) is 0.590. The maximum absolute atomic E-state index is 12.3. The zero-order valence-electron chi connectivity index (χ0n) is 14.7. The molecule has 0 saturated carbocycles. The Morgan fingerprint density at radius 2 is 1.79 bits per heavy atom. The quantitative estimate of drug-likeness (QED) is 0.379. The van der Waals surface area contributed by atoms with E-state index in [1.54, 1.807) is 18.2 Å². The summed E-state index contributed by atoms with van der Waals surface area (Å²) in [7, 11) is 0. The molecule has 0 aliphatic heterocycles. The molecular formula is C19H17BrN4O2S2. The summed E-state index contributed by atoms with van der Waals surface area (Å²) in [6, 6.07) is 17.1. The number of hydrogen-bond acceptors (Lipinski definition) is 6. The Kier molecular flexibility index (Phi) is 7.58. The molecule has 28 heavy (non-hydrogen) atoms. The highest BCUT2D eigenvalue weighted by molar-refractivity contribution is 9.10. The molecule has 0 aliphatic carbocycles. The van der Waals surface area contributed by atoms with Crippen LogP contribution in [0.15, 0.2) is 63.4 Å². The van der Waals surface area contributed by atoms with Gasteiger partial charge in [0.15, 0.2) is 4.34 Å². The number of rotatable bonds is 8. The van der Waals surface area contributed by atoms with Gasteiger partial charge in [-0.25, -0.2) is 0 Å². The van der Waals surface area contributed by atoms with Crippen LogP contribution in [0, 0.1) is 0 Å². The first-order chi connectivity index (χ1) is 13.6. The molecule has 2 N–H and O–H groups in total. The highest BCUT2D eigenvalue weighted by Crippen LogP contribution is 2.26. The summed E-state index contributed by atoms with van der Waals surface area (Å²) >= 11 is 5.88. The second kappa shape index (κ2) is 10.4. The van der Waals surface area contributed by atoms with Gasteiger partial charge in [-0.15, -0.1) is 10.2 Å². The van der Waals surface area contributed by atoms with Gasteiger partial charge in [0, 0.05) is 11.0 Å². The van der Waals surface area contributed by atoms with Crippen LogP contribution in [-0.4, -0.2) is 34.3 Å². The van der Waals surface area contributed by atoms with E-state index in [9.17, 15) is 9.59 Å². The van der Waals surface area contributed by atoms with E-state index in [4.69, 9.17) is 0 Å². The minimum absolute atomic E-state index is 0.0602. The summed E-state index contributed by atoms with van der Waals surface area (Å²) in [5.74, 6) is -0.0736. The van der Waals surface area contributed by atoms with Crippen molar-refractivity contribution >= 4 is 56.0 Å². The van der Waals surface area contributed by atoms with E-state index in [0.717, 1.165) is 6.42 Å². The molecule has 0 unspecified atom stereocenters. The first kappa shape index (κ1) is 20.5. The van der Waals surface area contributed by atoms with Gasteiger partial charge < -0.3 is 5.32 Å². The van der Waals surface area contributed by atoms with Gasteiger partial charge in [0.05, 0.1) is 11.3 Å². The lowest BCUT2D eigenvalue weighted by Gasteiger charge is -2.04. The van der Waals surface area contributed by atoms with Crippen molar-refractivity contribution in [1.29, 1.82) is 0 Å². The number of aromatic nitrogens is 2. The van der Waals surface area contributed by atoms with Gasteiger partial charge in [0.1, 0.15) is 0 Å². The number of halogens is 1. The van der Waals surface area contributed by atoms with Gasteiger partial charge in [-0.1, -0.05) is 65.6 Å². The fourth-order valence-electron chi connectivity index (χ4n) is 2.30. The monoisotopic (exact) mass is 476 g/mol. The van der Waals surface area contributed by atoms with Crippen LogP contribution in [0.25, 0.3) is 0 Å². The number of carbonyl (C=O) groups is 2. The lowest BCUT2D eigenvalue weighted by Crippen LogP contribution is -2.27. The summed E-state index contributed by atoms with van der Waals surface area (Å²) in [5, 5.41) is 14.0. The number of nitrogens with zero attached hydrogens (tertiary/aromatic N) is 2. The van der Waals surface area contributed by atoms with Crippen LogP contribution < -0.4 is 10.6 Å². The molecule has 0 aliphatic rings. The van der Waals surface area contributed by atoms with Crippen molar-refractivity contribution in [3.05, 3.63) is 70.2 Å². The van der Waals surface area contributed by atoms with Crippen molar-refractivity contribution in [1.82, 2.24) is 15.5 Å². The SMILES string of the molecule is O=C(CSc1nnc(NC(=O)c2ccccc2Br)s1)NCCc1ccccc1. The van der Waals surface area contributed by atoms with Crippen LogP contribution in [0.3, 0.4) is 0 Å². The molecule has 0 saturated heterocycles.